The standard InChI is InChI=1S/C20H15NO4S2/c1-12(9-13-5-3-2-4-6-13)10-17-18(23)21(20(26)27-17)14-7-8-15(19(24)25)16(22)11-14/h2-11,22H,1H3,(H,24,25)/p-1/b12-9+,17-10-. The monoisotopic (exact) mass is 396 g/mol. The van der Waals surface area contributed by atoms with Gasteiger partial charge in [-0.25, -0.2) is 4.79 Å². The first-order valence-electron chi connectivity index (χ1n) is 7.92. The number of allylic oxidation sites excluding steroid dienone is 2. The average Bonchev–Trinajstić information content (AvgIpc) is 2.88. The zero-order chi connectivity index (χ0) is 19.6. The summed E-state index contributed by atoms with van der Waals surface area (Å²) in [5.74, 6) is -2.31. The first-order valence-corrected chi connectivity index (χ1v) is 9.15. The Balaban J connectivity index is 1.88. The van der Waals surface area contributed by atoms with Gasteiger partial charge in [0.15, 0.2) is 4.32 Å². The van der Waals surface area contributed by atoms with Gasteiger partial charge in [-0.15, -0.1) is 0 Å². The number of rotatable bonds is 4. The number of carbonyl (C=O) groups excluding carboxylic acids is 1. The smallest absolute Gasteiger partial charge is 0.335 e. The van der Waals surface area contributed by atoms with E-state index < -0.39 is 11.7 Å². The quantitative estimate of drug-likeness (QED) is 0.625. The Kier molecular flexibility index (Phi) is 5.43. The lowest BCUT2D eigenvalue weighted by Crippen LogP contribution is -2.27. The fourth-order valence-corrected chi connectivity index (χ4v) is 3.93. The van der Waals surface area contributed by atoms with E-state index in [9.17, 15) is 14.7 Å². The Bertz CT molecular complexity index is 996. The Morgan fingerprint density at radius 1 is 1.22 bits per heavy atom. The minimum absolute atomic E-state index is 0.264. The minimum atomic E-state index is -1.31. The molecule has 1 amide bonds. The van der Waals surface area contributed by atoms with Crippen molar-refractivity contribution in [1.29, 1.82) is 0 Å². The SMILES string of the molecule is CC(/C=C1\SC(=S)N(c2ccc(C(=O)O)c([O-])c2)C1=O)=C\c1ccccc1. The van der Waals surface area contributed by atoms with Crippen LogP contribution in [0.15, 0.2) is 65.1 Å². The van der Waals surface area contributed by atoms with Gasteiger partial charge in [0, 0.05) is 0 Å². The number of carbonyl (C=O) groups is 2. The van der Waals surface area contributed by atoms with Crippen LogP contribution in [0.3, 0.4) is 0 Å². The lowest BCUT2D eigenvalue weighted by atomic mass is 10.1. The number of anilines is 1. The highest BCUT2D eigenvalue weighted by atomic mass is 32.2. The van der Waals surface area contributed by atoms with Gasteiger partial charge in [0.1, 0.15) is 0 Å². The topological polar surface area (TPSA) is 80.7 Å². The molecule has 2 aromatic rings. The van der Waals surface area contributed by atoms with E-state index in [-0.39, 0.29) is 17.2 Å². The van der Waals surface area contributed by atoms with E-state index in [0.29, 0.717) is 9.23 Å². The second-order valence-electron chi connectivity index (χ2n) is 5.80. The summed E-state index contributed by atoms with van der Waals surface area (Å²) < 4.78 is 0.293. The molecule has 5 nitrogen and oxygen atoms in total. The molecule has 3 rings (SSSR count). The molecule has 136 valence electrons. The number of nitrogens with zero attached hydrogens (tertiary/aromatic N) is 1. The van der Waals surface area contributed by atoms with Gasteiger partial charge in [-0.2, -0.15) is 0 Å². The van der Waals surface area contributed by atoms with Crippen LogP contribution in [0.25, 0.3) is 6.08 Å². The van der Waals surface area contributed by atoms with Gasteiger partial charge in [-0.3, -0.25) is 9.69 Å². The maximum atomic E-state index is 12.7. The number of hydrogen-bond donors (Lipinski definition) is 1. The number of hydrogen-bond acceptors (Lipinski definition) is 5. The Morgan fingerprint density at radius 2 is 1.93 bits per heavy atom. The second-order valence-corrected chi connectivity index (χ2v) is 7.48. The number of carboxylic acids is 1. The van der Waals surface area contributed by atoms with Gasteiger partial charge in [0.25, 0.3) is 5.91 Å². The van der Waals surface area contributed by atoms with Crippen LogP contribution in [0.2, 0.25) is 0 Å². The maximum absolute atomic E-state index is 12.7. The zero-order valence-electron chi connectivity index (χ0n) is 14.2. The fourth-order valence-electron chi connectivity index (χ4n) is 2.58. The van der Waals surface area contributed by atoms with Gasteiger partial charge in [0.2, 0.25) is 0 Å². The molecule has 1 fully saturated rings. The number of amides is 1. The molecular formula is C20H14NO4S2-. The average molecular weight is 396 g/mol. The molecule has 0 aromatic heterocycles. The number of carboxylic acid groups (broad SMARTS) is 1. The van der Waals surface area contributed by atoms with Crippen molar-refractivity contribution in [3.05, 3.63) is 76.2 Å². The van der Waals surface area contributed by atoms with Gasteiger partial charge in [-0.1, -0.05) is 66.1 Å². The summed E-state index contributed by atoms with van der Waals surface area (Å²) in [6, 6.07) is 13.4. The summed E-state index contributed by atoms with van der Waals surface area (Å²) in [5.41, 5.74) is 1.82. The Hall–Kier alpha value is -2.90. The molecule has 27 heavy (non-hydrogen) atoms. The third-order valence-electron chi connectivity index (χ3n) is 3.80. The molecule has 7 heteroatoms. The predicted octanol–water partition coefficient (Wildman–Crippen LogP) is 3.81. The Morgan fingerprint density at radius 3 is 2.56 bits per heavy atom. The van der Waals surface area contributed by atoms with E-state index >= 15 is 0 Å². The summed E-state index contributed by atoms with van der Waals surface area (Å²) in [4.78, 5) is 25.4. The molecule has 1 saturated heterocycles. The molecule has 2 aromatic carbocycles. The first kappa shape index (κ1) is 18.9. The van der Waals surface area contributed by atoms with Crippen LogP contribution in [0.4, 0.5) is 5.69 Å². The van der Waals surface area contributed by atoms with Crippen LogP contribution < -0.4 is 10.0 Å². The highest BCUT2D eigenvalue weighted by Crippen LogP contribution is 2.36. The number of aromatic carboxylic acids is 1. The molecule has 1 aliphatic rings. The molecule has 0 bridgehead atoms. The van der Waals surface area contributed by atoms with E-state index in [1.807, 2.05) is 43.3 Å². The van der Waals surface area contributed by atoms with Crippen LogP contribution >= 0.6 is 24.0 Å². The van der Waals surface area contributed by atoms with Crippen LogP contribution in [-0.2, 0) is 4.79 Å². The molecule has 0 spiro atoms. The lowest BCUT2D eigenvalue weighted by molar-refractivity contribution is -0.268. The van der Waals surface area contributed by atoms with E-state index in [0.717, 1.165) is 29.0 Å². The Labute approximate surface area is 165 Å². The van der Waals surface area contributed by atoms with Crippen molar-refractivity contribution < 1.29 is 19.8 Å². The van der Waals surface area contributed by atoms with Gasteiger partial charge < -0.3 is 10.2 Å². The highest BCUT2D eigenvalue weighted by Gasteiger charge is 2.33. The van der Waals surface area contributed by atoms with Gasteiger partial charge in [0.05, 0.1) is 16.2 Å². The number of benzene rings is 2. The van der Waals surface area contributed by atoms with Crippen molar-refractivity contribution in [2.45, 2.75) is 6.92 Å². The summed E-state index contributed by atoms with van der Waals surface area (Å²) in [6.07, 6.45) is 3.69. The van der Waals surface area contributed by atoms with Crippen molar-refractivity contribution in [2.75, 3.05) is 4.90 Å². The predicted molar refractivity (Wildman–Crippen MR) is 109 cm³/mol. The summed E-state index contributed by atoms with van der Waals surface area (Å²) in [5, 5.41) is 20.9. The molecule has 1 aliphatic heterocycles. The number of thiocarbonyl (C=S) groups is 1. The molecule has 0 aliphatic carbocycles. The fraction of sp³-hybridized carbons (Fsp3) is 0.0500. The third kappa shape index (κ3) is 4.10. The largest absolute Gasteiger partial charge is 0.872 e. The second kappa shape index (κ2) is 7.77. The molecular weight excluding hydrogens is 382 g/mol. The summed E-state index contributed by atoms with van der Waals surface area (Å²) in [6.45, 7) is 1.89. The third-order valence-corrected chi connectivity index (χ3v) is 5.10. The van der Waals surface area contributed by atoms with Crippen LogP contribution in [0.1, 0.15) is 22.8 Å². The van der Waals surface area contributed by atoms with Crippen LogP contribution in [0, 0.1) is 0 Å². The minimum Gasteiger partial charge on any atom is -0.872 e. The highest BCUT2D eigenvalue weighted by molar-refractivity contribution is 8.27. The summed E-state index contributed by atoms with van der Waals surface area (Å²) in [7, 11) is 0. The van der Waals surface area contributed by atoms with E-state index in [4.69, 9.17) is 17.3 Å². The van der Waals surface area contributed by atoms with E-state index in [2.05, 4.69) is 0 Å². The first-order chi connectivity index (χ1) is 12.9. The molecule has 0 unspecified atom stereocenters. The maximum Gasteiger partial charge on any atom is 0.335 e. The van der Waals surface area contributed by atoms with E-state index in [1.165, 1.54) is 17.0 Å². The van der Waals surface area contributed by atoms with Crippen molar-refractivity contribution in [2.24, 2.45) is 0 Å². The van der Waals surface area contributed by atoms with Crippen molar-refractivity contribution in [3.63, 3.8) is 0 Å². The molecule has 0 atom stereocenters. The zero-order valence-corrected chi connectivity index (χ0v) is 15.8. The molecule has 0 saturated carbocycles. The van der Waals surface area contributed by atoms with Gasteiger partial charge >= 0.3 is 5.97 Å². The van der Waals surface area contributed by atoms with Crippen LogP contribution in [0.5, 0.6) is 5.75 Å². The van der Waals surface area contributed by atoms with E-state index in [1.54, 1.807) is 6.08 Å². The number of thioether (sulfide) groups is 1. The molecule has 1 N–H and O–H groups in total. The van der Waals surface area contributed by atoms with Crippen molar-refractivity contribution in [3.8, 4) is 5.75 Å². The van der Waals surface area contributed by atoms with Crippen molar-refractivity contribution >= 4 is 51.9 Å². The normalized spacial score (nSPS) is 16.3. The molecule has 0 radical (unpaired) electrons. The van der Waals surface area contributed by atoms with Crippen LogP contribution in [-0.4, -0.2) is 21.3 Å². The summed E-state index contributed by atoms with van der Waals surface area (Å²) >= 11 is 6.42. The lowest BCUT2D eigenvalue weighted by Gasteiger charge is -2.18. The van der Waals surface area contributed by atoms with Gasteiger partial charge in [-0.05, 0) is 42.3 Å². The van der Waals surface area contributed by atoms with Crippen molar-refractivity contribution in [1.82, 2.24) is 0 Å². The molecule has 1 heterocycles.